The molecule has 2 aliphatic heterocycles. The molecule has 1 unspecified atom stereocenters. The van der Waals surface area contributed by atoms with Crippen LogP contribution in [0.5, 0.6) is 0 Å². The SMILES string of the molecule is Cc1cc(C)c(C(=O)N2CCN(C3CCNC3)CC2)c(C)c1.Cl. The molecule has 1 N–H and O–H groups in total. The molecule has 23 heavy (non-hydrogen) atoms. The van der Waals surface area contributed by atoms with Crippen molar-refractivity contribution in [3.8, 4) is 0 Å². The highest BCUT2D eigenvalue weighted by Crippen LogP contribution is 2.20. The minimum Gasteiger partial charge on any atom is -0.336 e. The maximum Gasteiger partial charge on any atom is 0.254 e. The quantitative estimate of drug-likeness (QED) is 0.898. The van der Waals surface area contributed by atoms with Crippen molar-refractivity contribution in [1.82, 2.24) is 15.1 Å². The summed E-state index contributed by atoms with van der Waals surface area (Å²) >= 11 is 0. The van der Waals surface area contributed by atoms with Crippen LogP contribution in [0.2, 0.25) is 0 Å². The van der Waals surface area contributed by atoms with Crippen molar-refractivity contribution >= 4 is 18.3 Å². The van der Waals surface area contributed by atoms with Crippen LogP contribution in [0.25, 0.3) is 0 Å². The van der Waals surface area contributed by atoms with Crippen molar-refractivity contribution in [3.05, 3.63) is 34.4 Å². The van der Waals surface area contributed by atoms with Gasteiger partial charge in [0.1, 0.15) is 0 Å². The number of benzene rings is 1. The monoisotopic (exact) mass is 337 g/mol. The van der Waals surface area contributed by atoms with E-state index in [1.165, 1.54) is 12.0 Å². The molecule has 2 heterocycles. The van der Waals surface area contributed by atoms with Crippen LogP contribution in [0, 0.1) is 20.8 Å². The second-order valence-corrected chi connectivity index (χ2v) is 6.75. The van der Waals surface area contributed by atoms with Crippen molar-refractivity contribution < 1.29 is 4.79 Å². The van der Waals surface area contributed by atoms with Crippen molar-refractivity contribution in [3.63, 3.8) is 0 Å². The summed E-state index contributed by atoms with van der Waals surface area (Å²) in [6, 6.07) is 4.89. The van der Waals surface area contributed by atoms with E-state index < -0.39 is 0 Å². The van der Waals surface area contributed by atoms with Gasteiger partial charge in [-0.3, -0.25) is 9.69 Å². The normalized spacial score (nSPS) is 22.0. The van der Waals surface area contributed by atoms with Crippen LogP contribution in [0.15, 0.2) is 12.1 Å². The average Bonchev–Trinajstić information content (AvgIpc) is 3.00. The van der Waals surface area contributed by atoms with Crippen molar-refractivity contribution in [2.75, 3.05) is 39.3 Å². The average molecular weight is 338 g/mol. The summed E-state index contributed by atoms with van der Waals surface area (Å²) in [6.45, 7) is 12.1. The van der Waals surface area contributed by atoms with E-state index in [4.69, 9.17) is 0 Å². The molecule has 1 aromatic carbocycles. The van der Waals surface area contributed by atoms with E-state index in [9.17, 15) is 4.79 Å². The number of rotatable bonds is 2. The Balaban J connectivity index is 0.00000192. The summed E-state index contributed by atoms with van der Waals surface area (Å²) < 4.78 is 0. The lowest BCUT2D eigenvalue weighted by molar-refractivity contribution is 0.0582. The predicted octanol–water partition coefficient (Wildman–Crippen LogP) is 2.15. The van der Waals surface area contributed by atoms with Crippen molar-refractivity contribution in [2.24, 2.45) is 0 Å². The summed E-state index contributed by atoms with van der Waals surface area (Å²) in [5.74, 6) is 0.208. The smallest absolute Gasteiger partial charge is 0.254 e. The zero-order valence-corrected chi connectivity index (χ0v) is 15.2. The number of nitrogens with zero attached hydrogens (tertiary/aromatic N) is 2. The first-order valence-electron chi connectivity index (χ1n) is 8.38. The summed E-state index contributed by atoms with van der Waals surface area (Å²) in [7, 11) is 0. The maximum absolute atomic E-state index is 12.9. The van der Waals surface area contributed by atoms with E-state index in [1.54, 1.807) is 0 Å². The van der Waals surface area contributed by atoms with Gasteiger partial charge in [-0.1, -0.05) is 17.7 Å². The molecule has 0 bridgehead atoms. The molecule has 3 rings (SSSR count). The molecule has 0 aliphatic carbocycles. The number of nitrogens with one attached hydrogen (secondary N) is 1. The third-order valence-electron chi connectivity index (χ3n) is 5.04. The van der Waals surface area contributed by atoms with Crippen LogP contribution in [0.1, 0.15) is 33.5 Å². The minimum absolute atomic E-state index is 0. The lowest BCUT2D eigenvalue weighted by atomic mass is 9.98. The minimum atomic E-state index is 0. The molecule has 0 spiro atoms. The van der Waals surface area contributed by atoms with Crippen LogP contribution < -0.4 is 5.32 Å². The molecule has 0 saturated carbocycles. The first-order valence-corrected chi connectivity index (χ1v) is 8.38. The van der Waals surface area contributed by atoms with Crippen molar-refractivity contribution in [1.29, 1.82) is 0 Å². The Morgan fingerprint density at radius 1 is 1.09 bits per heavy atom. The fraction of sp³-hybridized carbons (Fsp3) is 0.611. The largest absolute Gasteiger partial charge is 0.336 e. The maximum atomic E-state index is 12.9. The fourth-order valence-corrected chi connectivity index (χ4v) is 3.92. The molecule has 1 aromatic rings. The number of hydrogen-bond donors (Lipinski definition) is 1. The zero-order chi connectivity index (χ0) is 15.7. The number of halogens is 1. The number of amides is 1. The lowest BCUT2D eigenvalue weighted by Gasteiger charge is -2.38. The molecular weight excluding hydrogens is 310 g/mol. The lowest BCUT2D eigenvalue weighted by Crippen LogP contribution is -2.52. The van der Waals surface area contributed by atoms with Gasteiger partial charge >= 0.3 is 0 Å². The summed E-state index contributed by atoms with van der Waals surface area (Å²) in [5, 5.41) is 3.43. The highest BCUT2D eigenvalue weighted by atomic mass is 35.5. The molecule has 1 amide bonds. The highest BCUT2D eigenvalue weighted by molar-refractivity contribution is 5.97. The third-order valence-corrected chi connectivity index (χ3v) is 5.04. The number of hydrogen-bond acceptors (Lipinski definition) is 3. The number of piperazine rings is 1. The molecule has 0 radical (unpaired) electrons. The molecule has 128 valence electrons. The van der Waals surface area contributed by atoms with Gasteiger partial charge in [0.15, 0.2) is 0 Å². The Morgan fingerprint density at radius 2 is 1.70 bits per heavy atom. The Bertz CT molecular complexity index is 538. The van der Waals surface area contributed by atoms with E-state index >= 15 is 0 Å². The van der Waals surface area contributed by atoms with Gasteiger partial charge in [0.25, 0.3) is 5.91 Å². The van der Waals surface area contributed by atoms with Gasteiger partial charge in [0, 0.05) is 44.3 Å². The summed E-state index contributed by atoms with van der Waals surface area (Å²) in [5.41, 5.74) is 4.33. The van der Waals surface area contributed by atoms with Crippen LogP contribution in [0.4, 0.5) is 0 Å². The number of carbonyl (C=O) groups excluding carboxylic acids is 1. The van der Waals surface area contributed by atoms with Gasteiger partial charge in [-0.25, -0.2) is 0 Å². The second kappa shape index (κ2) is 7.65. The fourth-order valence-electron chi connectivity index (χ4n) is 3.92. The first-order chi connectivity index (χ1) is 10.6. The van der Waals surface area contributed by atoms with E-state index in [1.807, 2.05) is 18.7 Å². The van der Waals surface area contributed by atoms with Gasteiger partial charge in [-0.15, -0.1) is 12.4 Å². The Morgan fingerprint density at radius 3 is 2.22 bits per heavy atom. The molecule has 2 aliphatic rings. The molecule has 1 atom stereocenters. The number of aryl methyl sites for hydroxylation is 3. The van der Waals surface area contributed by atoms with Gasteiger partial charge in [-0.05, 0) is 44.9 Å². The molecule has 4 nitrogen and oxygen atoms in total. The van der Waals surface area contributed by atoms with E-state index in [2.05, 4.69) is 29.3 Å². The standard InChI is InChI=1S/C18H27N3O.ClH/c1-13-10-14(2)17(15(3)11-13)18(22)21-8-6-20(7-9-21)16-4-5-19-12-16;/h10-11,16,19H,4-9,12H2,1-3H3;1H. The Labute approximate surface area is 145 Å². The van der Waals surface area contributed by atoms with Gasteiger partial charge in [-0.2, -0.15) is 0 Å². The van der Waals surface area contributed by atoms with Crippen LogP contribution >= 0.6 is 12.4 Å². The van der Waals surface area contributed by atoms with Crippen LogP contribution in [-0.4, -0.2) is 61.0 Å². The molecule has 2 saturated heterocycles. The highest BCUT2D eigenvalue weighted by Gasteiger charge is 2.29. The Hall–Kier alpha value is -1.10. The van der Waals surface area contributed by atoms with E-state index in [-0.39, 0.29) is 18.3 Å². The summed E-state index contributed by atoms with van der Waals surface area (Å²) in [6.07, 6.45) is 1.24. The summed E-state index contributed by atoms with van der Waals surface area (Å²) in [4.78, 5) is 17.4. The molecular formula is C18H28ClN3O. The zero-order valence-electron chi connectivity index (χ0n) is 14.4. The van der Waals surface area contributed by atoms with Crippen molar-refractivity contribution in [2.45, 2.75) is 33.2 Å². The molecule has 0 aromatic heterocycles. The first kappa shape index (κ1) is 18.2. The second-order valence-electron chi connectivity index (χ2n) is 6.75. The third kappa shape index (κ3) is 3.87. The predicted molar refractivity (Wildman–Crippen MR) is 96.7 cm³/mol. The van der Waals surface area contributed by atoms with Gasteiger partial charge in [0.2, 0.25) is 0 Å². The number of carbonyl (C=O) groups is 1. The van der Waals surface area contributed by atoms with Gasteiger partial charge < -0.3 is 10.2 Å². The molecule has 5 heteroatoms. The van der Waals surface area contributed by atoms with Crippen LogP contribution in [0.3, 0.4) is 0 Å². The van der Waals surface area contributed by atoms with Crippen LogP contribution in [-0.2, 0) is 0 Å². The van der Waals surface area contributed by atoms with Gasteiger partial charge in [0.05, 0.1) is 0 Å². The topological polar surface area (TPSA) is 35.6 Å². The van der Waals surface area contributed by atoms with E-state index in [0.29, 0.717) is 6.04 Å². The Kier molecular flexibility index (Phi) is 6.06. The van der Waals surface area contributed by atoms with E-state index in [0.717, 1.165) is 56.0 Å². The molecule has 2 fully saturated rings.